The Balaban J connectivity index is 2.13. The SMILES string of the molecule is C[C@H](O)CNc1nc2c(c(=O)n(Cc3ccc(Br)cc3)c(=O)n2C)n1C. The van der Waals surface area contributed by atoms with Crippen LogP contribution < -0.4 is 16.6 Å². The minimum absolute atomic E-state index is 0.177. The Bertz CT molecular complexity index is 1060. The summed E-state index contributed by atoms with van der Waals surface area (Å²) in [6, 6.07) is 7.45. The van der Waals surface area contributed by atoms with Crippen molar-refractivity contribution < 1.29 is 5.11 Å². The van der Waals surface area contributed by atoms with Crippen molar-refractivity contribution >= 4 is 33.0 Å². The normalized spacial score (nSPS) is 12.5. The van der Waals surface area contributed by atoms with Crippen LogP contribution in [-0.2, 0) is 20.6 Å². The maximum absolute atomic E-state index is 12.9. The Morgan fingerprint density at radius 2 is 1.85 bits per heavy atom. The van der Waals surface area contributed by atoms with Crippen LogP contribution in [0.3, 0.4) is 0 Å². The fourth-order valence-electron chi connectivity index (χ4n) is 2.75. The average Bonchev–Trinajstić information content (AvgIpc) is 2.93. The van der Waals surface area contributed by atoms with Gasteiger partial charge in [-0.1, -0.05) is 28.1 Å². The lowest BCUT2D eigenvalue weighted by molar-refractivity contribution is 0.208. The Kier molecular flexibility index (Phi) is 5.01. The van der Waals surface area contributed by atoms with Crippen molar-refractivity contribution in [3.05, 3.63) is 55.1 Å². The molecule has 2 N–H and O–H groups in total. The summed E-state index contributed by atoms with van der Waals surface area (Å²) in [5.41, 5.74) is 0.665. The largest absolute Gasteiger partial charge is 0.392 e. The van der Waals surface area contributed by atoms with Gasteiger partial charge >= 0.3 is 5.69 Å². The van der Waals surface area contributed by atoms with Crippen molar-refractivity contribution in [1.82, 2.24) is 18.7 Å². The maximum Gasteiger partial charge on any atom is 0.332 e. The number of halogens is 1. The monoisotopic (exact) mass is 421 g/mol. The summed E-state index contributed by atoms with van der Waals surface area (Å²) in [6.45, 7) is 2.12. The lowest BCUT2D eigenvalue weighted by Crippen LogP contribution is -2.39. The number of aromatic nitrogens is 4. The number of nitrogens with zero attached hydrogens (tertiary/aromatic N) is 4. The van der Waals surface area contributed by atoms with Gasteiger partial charge in [-0.15, -0.1) is 0 Å². The highest BCUT2D eigenvalue weighted by Crippen LogP contribution is 2.14. The van der Waals surface area contributed by atoms with Crippen LogP contribution in [0.5, 0.6) is 0 Å². The van der Waals surface area contributed by atoms with Gasteiger partial charge in [-0.2, -0.15) is 4.98 Å². The van der Waals surface area contributed by atoms with Crippen molar-refractivity contribution in [2.24, 2.45) is 14.1 Å². The van der Waals surface area contributed by atoms with Crippen LogP contribution >= 0.6 is 15.9 Å². The molecule has 2 heterocycles. The van der Waals surface area contributed by atoms with E-state index < -0.39 is 17.4 Å². The molecule has 26 heavy (non-hydrogen) atoms. The molecule has 0 aliphatic heterocycles. The molecule has 1 atom stereocenters. The number of benzene rings is 1. The van der Waals surface area contributed by atoms with Crippen LogP contribution in [0.2, 0.25) is 0 Å². The van der Waals surface area contributed by atoms with Crippen LogP contribution in [-0.4, -0.2) is 36.4 Å². The second-order valence-electron chi connectivity index (χ2n) is 6.26. The van der Waals surface area contributed by atoms with Gasteiger partial charge in [-0.05, 0) is 24.6 Å². The van der Waals surface area contributed by atoms with E-state index in [0.29, 0.717) is 17.1 Å². The minimum atomic E-state index is -0.562. The summed E-state index contributed by atoms with van der Waals surface area (Å²) in [5.74, 6) is 0.425. The Labute approximate surface area is 157 Å². The predicted molar refractivity (Wildman–Crippen MR) is 104 cm³/mol. The van der Waals surface area contributed by atoms with Crippen LogP contribution in [0.25, 0.3) is 11.2 Å². The predicted octanol–water partition coefficient (Wildman–Crippen LogP) is 1.04. The van der Waals surface area contributed by atoms with Gasteiger partial charge in [0, 0.05) is 25.1 Å². The standard InChI is InChI=1S/C17H20BrN5O3/c1-10(24)8-19-16-20-14-13(21(16)2)15(25)23(17(26)22(14)3)9-11-4-6-12(18)7-5-11/h4-7,10,24H,8-9H2,1-3H3,(H,19,20)/t10-/m0/s1. The number of rotatable bonds is 5. The molecule has 0 spiro atoms. The third-order valence-electron chi connectivity index (χ3n) is 4.17. The average molecular weight is 422 g/mol. The summed E-state index contributed by atoms with van der Waals surface area (Å²) in [6.07, 6.45) is -0.562. The number of fused-ring (bicyclic) bond motifs is 1. The molecule has 0 fully saturated rings. The maximum atomic E-state index is 12.9. The lowest BCUT2D eigenvalue weighted by atomic mass is 10.2. The molecule has 0 amide bonds. The molecule has 0 aliphatic carbocycles. The summed E-state index contributed by atoms with van der Waals surface area (Å²) < 4.78 is 5.10. The number of nitrogens with one attached hydrogen (secondary N) is 1. The number of imidazole rings is 1. The quantitative estimate of drug-likeness (QED) is 0.641. The molecule has 138 valence electrons. The highest BCUT2D eigenvalue weighted by atomic mass is 79.9. The highest BCUT2D eigenvalue weighted by molar-refractivity contribution is 9.10. The van der Waals surface area contributed by atoms with Crippen LogP contribution in [0.1, 0.15) is 12.5 Å². The molecule has 0 unspecified atom stereocenters. The second kappa shape index (κ2) is 7.08. The molecular weight excluding hydrogens is 402 g/mol. The zero-order valence-electron chi connectivity index (χ0n) is 14.7. The number of aliphatic hydroxyl groups excluding tert-OH is 1. The molecule has 0 saturated carbocycles. The Morgan fingerprint density at radius 1 is 1.19 bits per heavy atom. The fraction of sp³-hybridized carbons (Fsp3) is 0.353. The molecule has 2 aromatic heterocycles. The number of anilines is 1. The van der Waals surface area contributed by atoms with Gasteiger partial charge in [-0.25, -0.2) is 4.79 Å². The van der Waals surface area contributed by atoms with Gasteiger partial charge in [0.25, 0.3) is 5.56 Å². The van der Waals surface area contributed by atoms with Gasteiger partial charge in [0.05, 0.1) is 12.6 Å². The topological polar surface area (TPSA) is 94.1 Å². The smallest absolute Gasteiger partial charge is 0.332 e. The van der Waals surface area contributed by atoms with Crippen molar-refractivity contribution in [3.8, 4) is 0 Å². The highest BCUT2D eigenvalue weighted by Gasteiger charge is 2.18. The lowest BCUT2D eigenvalue weighted by Gasteiger charge is -2.09. The molecule has 0 radical (unpaired) electrons. The van der Waals surface area contributed by atoms with Gasteiger partial charge in [0.1, 0.15) is 0 Å². The third-order valence-corrected chi connectivity index (χ3v) is 4.70. The van der Waals surface area contributed by atoms with E-state index >= 15 is 0 Å². The third kappa shape index (κ3) is 3.32. The van der Waals surface area contributed by atoms with Gasteiger partial charge in [-0.3, -0.25) is 13.9 Å². The van der Waals surface area contributed by atoms with E-state index in [1.165, 1.54) is 9.13 Å². The summed E-state index contributed by atoms with van der Waals surface area (Å²) in [7, 11) is 3.29. The summed E-state index contributed by atoms with van der Waals surface area (Å²) in [4.78, 5) is 30.0. The van der Waals surface area contributed by atoms with Crippen LogP contribution in [0, 0.1) is 0 Å². The van der Waals surface area contributed by atoms with E-state index in [1.807, 2.05) is 24.3 Å². The first kappa shape index (κ1) is 18.4. The summed E-state index contributed by atoms with van der Waals surface area (Å²) >= 11 is 3.37. The van der Waals surface area contributed by atoms with Crippen LogP contribution in [0.4, 0.5) is 5.95 Å². The first-order valence-corrected chi connectivity index (χ1v) is 8.91. The molecule has 0 bridgehead atoms. The summed E-state index contributed by atoms with van der Waals surface area (Å²) in [5, 5.41) is 12.4. The minimum Gasteiger partial charge on any atom is -0.392 e. The Hall–Kier alpha value is -2.39. The Morgan fingerprint density at radius 3 is 2.46 bits per heavy atom. The van der Waals surface area contributed by atoms with Gasteiger partial charge in [0.15, 0.2) is 11.2 Å². The second-order valence-corrected chi connectivity index (χ2v) is 7.17. The van der Waals surface area contributed by atoms with Crippen LogP contribution in [0.15, 0.2) is 38.3 Å². The molecule has 0 aliphatic rings. The number of aryl methyl sites for hydroxylation is 2. The number of aliphatic hydroxyl groups is 1. The zero-order chi connectivity index (χ0) is 19.0. The molecule has 3 aromatic rings. The molecule has 8 nitrogen and oxygen atoms in total. The first-order chi connectivity index (χ1) is 12.3. The van der Waals surface area contributed by atoms with Gasteiger partial charge < -0.3 is 15.0 Å². The molecular formula is C17H20BrN5O3. The molecule has 9 heteroatoms. The number of hydrogen-bond donors (Lipinski definition) is 2. The number of hydrogen-bond acceptors (Lipinski definition) is 5. The fourth-order valence-corrected chi connectivity index (χ4v) is 3.02. The molecule has 0 saturated heterocycles. The van der Waals surface area contributed by atoms with Crippen molar-refractivity contribution in [1.29, 1.82) is 0 Å². The van der Waals surface area contributed by atoms with Crippen molar-refractivity contribution in [3.63, 3.8) is 0 Å². The van der Waals surface area contributed by atoms with E-state index in [1.54, 1.807) is 25.6 Å². The van der Waals surface area contributed by atoms with E-state index in [4.69, 9.17) is 0 Å². The van der Waals surface area contributed by atoms with Gasteiger partial charge in [0.2, 0.25) is 5.95 Å². The van der Waals surface area contributed by atoms with E-state index in [2.05, 4.69) is 26.2 Å². The van der Waals surface area contributed by atoms with E-state index in [9.17, 15) is 14.7 Å². The van der Waals surface area contributed by atoms with E-state index in [0.717, 1.165) is 10.0 Å². The first-order valence-electron chi connectivity index (χ1n) is 8.12. The van der Waals surface area contributed by atoms with E-state index in [-0.39, 0.29) is 13.1 Å². The zero-order valence-corrected chi connectivity index (χ0v) is 16.3. The molecule has 3 rings (SSSR count). The molecule has 1 aromatic carbocycles. The van der Waals surface area contributed by atoms with Crippen molar-refractivity contribution in [2.45, 2.75) is 19.6 Å². The van der Waals surface area contributed by atoms with Crippen molar-refractivity contribution in [2.75, 3.05) is 11.9 Å².